The van der Waals surface area contributed by atoms with Gasteiger partial charge in [0.25, 0.3) is 0 Å². The van der Waals surface area contributed by atoms with Crippen LogP contribution in [0.25, 0.3) is 0 Å². The molecular formula is C28H50N6O7S. The number of ether oxygens (including phenoxy) is 2. The number of likely N-dealkylation sites (N-methyl/N-ethyl adjacent to an activating group) is 1. The van der Waals surface area contributed by atoms with Crippen LogP contribution >= 0.6 is 11.8 Å². The SMILES string of the molecule is COCCN(C)CC(=O)N(CCOC)CC(=O)N[C@@H](CCCCNC(=O)CCCCC1SC[C@@H]2CC(=O)N[C@H]12)C(N)=O. The Labute approximate surface area is 253 Å². The standard InChI is InChI=1S/C28H50N6O7S/c1-33(12-14-40-2)18-26(38)34(13-15-41-3)17-25(37)31-21(28(29)39)8-6-7-11-30-23(35)10-5-4-9-22-27-20(19-42-22)16-24(36)32-27/h20-22,27H,4-19H2,1-3H3,(H2,29,39)(H,30,35)(H,31,37)(H,32,36)/t20-,21-,22?,27-/m0/s1. The minimum absolute atomic E-state index is 0.00504. The molecule has 42 heavy (non-hydrogen) atoms. The van der Waals surface area contributed by atoms with Gasteiger partial charge in [0.1, 0.15) is 6.04 Å². The van der Waals surface area contributed by atoms with Crippen molar-refractivity contribution in [3.8, 4) is 0 Å². The summed E-state index contributed by atoms with van der Waals surface area (Å²) < 4.78 is 10.1. The van der Waals surface area contributed by atoms with Gasteiger partial charge in [-0.3, -0.25) is 28.9 Å². The van der Waals surface area contributed by atoms with Gasteiger partial charge in [-0.05, 0) is 50.8 Å². The van der Waals surface area contributed by atoms with Crippen LogP contribution in [0.4, 0.5) is 0 Å². The Hall–Kier alpha value is -2.42. The van der Waals surface area contributed by atoms with Crippen molar-refractivity contribution >= 4 is 41.3 Å². The van der Waals surface area contributed by atoms with Crippen molar-refractivity contribution < 1.29 is 33.4 Å². The molecule has 240 valence electrons. The molecule has 0 aromatic carbocycles. The molecule has 2 fully saturated rings. The van der Waals surface area contributed by atoms with Crippen LogP contribution in [0.5, 0.6) is 0 Å². The largest absolute Gasteiger partial charge is 0.383 e. The highest BCUT2D eigenvalue weighted by atomic mass is 32.2. The zero-order chi connectivity index (χ0) is 30.9. The van der Waals surface area contributed by atoms with Crippen molar-refractivity contribution in [3.63, 3.8) is 0 Å². The number of methoxy groups -OCH3 is 2. The van der Waals surface area contributed by atoms with Gasteiger partial charge in [-0.15, -0.1) is 0 Å². The molecule has 4 atom stereocenters. The van der Waals surface area contributed by atoms with E-state index in [4.69, 9.17) is 15.2 Å². The Kier molecular flexibility index (Phi) is 16.8. The molecule has 2 aliphatic rings. The zero-order valence-corrected chi connectivity index (χ0v) is 26.2. The van der Waals surface area contributed by atoms with Crippen molar-refractivity contribution in [2.75, 3.05) is 73.0 Å². The summed E-state index contributed by atoms with van der Waals surface area (Å²) in [6.07, 6.45) is 5.41. The molecular weight excluding hydrogens is 564 g/mol. The van der Waals surface area contributed by atoms with E-state index >= 15 is 0 Å². The molecule has 5 N–H and O–H groups in total. The molecule has 13 nitrogen and oxygen atoms in total. The second-order valence-corrected chi connectivity index (χ2v) is 12.4. The van der Waals surface area contributed by atoms with Crippen molar-refractivity contribution in [1.29, 1.82) is 0 Å². The Bertz CT molecular complexity index is 895. The Morgan fingerprint density at radius 1 is 1.05 bits per heavy atom. The summed E-state index contributed by atoms with van der Waals surface area (Å²) >= 11 is 1.93. The number of unbranched alkanes of at least 4 members (excludes halogenated alkanes) is 2. The second kappa shape index (κ2) is 19.7. The number of amides is 5. The minimum atomic E-state index is -0.866. The van der Waals surface area contributed by atoms with Gasteiger partial charge in [-0.2, -0.15) is 11.8 Å². The molecule has 0 aromatic rings. The predicted molar refractivity (Wildman–Crippen MR) is 161 cm³/mol. The first-order valence-electron chi connectivity index (χ1n) is 14.8. The number of nitrogens with zero attached hydrogens (tertiary/aromatic N) is 2. The molecule has 0 bridgehead atoms. The maximum atomic E-state index is 12.7. The van der Waals surface area contributed by atoms with Crippen LogP contribution in [-0.2, 0) is 33.4 Å². The molecule has 14 heteroatoms. The van der Waals surface area contributed by atoms with Gasteiger partial charge in [-0.1, -0.05) is 6.42 Å². The fourth-order valence-corrected chi connectivity index (χ4v) is 6.82. The van der Waals surface area contributed by atoms with E-state index in [1.54, 1.807) is 19.1 Å². The number of thioether (sulfide) groups is 1. The number of primary amides is 1. The van der Waals surface area contributed by atoms with Gasteiger partial charge >= 0.3 is 0 Å². The van der Waals surface area contributed by atoms with Gasteiger partial charge < -0.3 is 36.1 Å². The number of rotatable bonds is 22. The topological polar surface area (TPSA) is 172 Å². The third-order valence-electron chi connectivity index (χ3n) is 7.61. The number of carbonyl (C=O) groups excluding carboxylic acids is 5. The Morgan fingerprint density at radius 2 is 1.79 bits per heavy atom. The van der Waals surface area contributed by atoms with Crippen LogP contribution in [0, 0.1) is 5.92 Å². The molecule has 2 saturated heterocycles. The summed E-state index contributed by atoms with van der Waals surface area (Å²) in [5.41, 5.74) is 5.52. The van der Waals surface area contributed by atoms with E-state index in [1.807, 2.05) is 11.8 Å². The number of nitrogens with one attached hydrogen (secondary N) is 3. The second-order valence-electron chi connectivity index (χ2n) is 11.1. The molecule has 0 aromatic heterocycles. The number of fused-ring (bicyclic) bond motifs is 1. The highest BCUT2D eigenvalue weighted by molar-refractivity contribution is 8.00. The predicted octanol–water partition coefficient (Wildman–Crippen LogP) is -0.523. The fraction of sp³-hybridized carbons (Fsp3) is 0.821. The third kappa shape index (κ3) is 13.3. The first-order valence-corrected chi connectivity index (χ1v) is 15.9. The van der Waals surface area contributed by atoms with Gasteiger partial charge in [0, 0.05) is 58.0 Å². The van der Waals surface area contributed by atoms with E-state index in [0.717, 1.165) is 25.0 Å². The number of hydrogen-bond donors (Lipinski definition) is 4. The first kappa shape index (κ1) is 35.8. The van der Waals surface area contributed by atoms with Crippen LogP contribution in [-0.4, -0.2) is 130 Å². The quantitative estimate of drug-likeness (QED) is 0.117. The zero-order valence-electron chi connectivity index (χ0n) is 25.4. The molecule has 2 rings (SSSR count). The number of hydrogen-bond acceptors (Lipinski definition) is 9. The lowest BCUT2D eigenvalue weighted by molar-refractivity contribution is -0.138. The van der Waals surface area contributed by atoms with Crippen LogP contribution in [0.1, 0.15) is 51.4 Å². The molecule has 2 aliphatic heterocycles. The summed E-state index contributed by atoms with van der Waals surface area (Å²) in [5.74, 6) is 0.295. The van der Waals surface area contributed by atoms with Crippen molar-refractivity contribution in [3.05, 3.63) is 0 Å². The molecule has 0 saturated carbocycles. The molecule has 0 radical (unpaired) electrons. The number of nitrogens with two attached hydrogens (primary N) is 1. The van der Waals surface area contributed by atoms with Crippen LogP contribution in [0.2, 0.25) is 0 Å². The van der Waals surface area contributed by atoms with E-state index < -0.39 is 17.9 Å². The van der Waals surface area contributed by atoms with Crippen molar-refractivity contribution in [1.82, 2.24) is 25.8 Å². The minimum Gasteiger partial charge on any atom is -0.383 e. The van der Waals surface area contributed by atoms with Crippen LogP contribution in [0.3, 0.4) is 0 Å². The van der Waals surface area contributed by atoms with Crippen molar-refractivity contribution in [2.45, 2.75) is 68.7 Å². The summed E-state index contributed by atoms with van der Waals surface area (Å²) in [6, 6.07) is -0.574. The fourth-order valence-electron chi connectivity index (χ4n) is 5.17. The van der Waals surface area contributed by atoms with E-state index in [2.05, 4.69) is 16.0 Å². The molecule has 1 unspecified atom stereocenters. The maximum Gasteiger partial charge on any atom is 0.240 e. The molecule has 5 amide bonds. The number of carbonyl (C=O) groups is 5. The van der Waals surface area contributed by atoms with Crippen LogP contribution < -0.4 is 21.7 Å². The van der Waals surface area contributed by atoms with Gasteiger partial charge in [0.2, 0.25) is 29.5 Å². The Balaban J connectivity index is 1.62. The Morgan fingerprint density at radius 3 is 2.50 bits per heavy atom. The summed E-state index contributed by atoms with van der Waals surface area (Å²) in [6.45, 7) is 1.93. The van der Waals surface area contributed by atoms with E-state index in [1.165, 1.54) is 12.0 Å². The summed E-state index contributed by atoms with van der Waals surface area (Å²) in [7, 11) is 4.89. The third-order valence-corrected chi connectivity index (χ3v) is 9.18. The molecule has 0 aliphatic carbocycles. The maximum absolute atomic E-state index is 12.7. The average Bonchev–Trinajstić information content (AvgIpc) is 3.50. The molecule has 0 spiro atoms. The van der Waals surface area contributed by atoms with Gasteiger partial charge in [0.05, 0.1) is 26.3 Å². The van der Waals surface area contributed by atoms with Crippen LogP contribution in [0.15, 0.2) is 0 Å². The molecule has 2 heterocycles. The van der Waals surface area contributed by atoms with Gasteiger partial charge in [0.15, 0.2) is 0 Å². The van der Waals surface area contributed by atoms with E-state index in [9.17, 15) is 24.0 Å². The average molecular weight is 615 g/mol. The summed E-state index contributed by atoms with van der Waals surface area (Å²) in [5, 5.41) is 9.10. The normalized spacial score (nSPS) is 20.2. The monoisotopic (exact) mass is 614 g/mol. The van der Waals surface area contributed by atoms with Crippen molar-refractivity contribution in [2.24, 2.45) is 11.7 Å². The summed E-state index contributed by atoms with van der Waals surface area (Å²) in [4.78, 5) is 64.4. The van der Waals surface area contributed by atoms with E-state index in [0.29, 0.717) is 69.0 Å². The first-order chi connectivity index (χ1) is 20.1. The van der Waals surface area contributed by atoms with Gasteiger partial charge in [-0.25, -0.2) is 0 Å². The lowest BCUT2D eigenvalue weighted by Gasteiger charge is -2.25. The smallest absolute Gasteiger partial charge is 0.240 e. The lowest BCUT2D eigenvalue weighted by Crippen LogP contribution is -2.50. The highest BCUT2D eigenvalue weighted by Gasteiger charge is 2.42. The highest BCUT2D eigenvalue weighted by Crippen LogP contribution is 2.39. The van der Waals surface area contributed by atoms with E-state index in [-0.39, 0.29) is 44.0 Å². The lowest BCUT2D eigenvalue weighted by atomic mass is 9.97.